The minimum atomic E-state index is -0.940. The van der Waals surface area contributed by atoms with E-state index in [0.29, 0.717) is 43.1 Å². The number of nitrogens with zero attached hydrogens (tertiary/aromatic N) is 2. The first kappa shape index (κ1) is 18.3. The zero-order valence-electron chi connectivity index (χ0n) is 14.8. The molecule has 0 saturated carbocycles. The molecule has 0 bridgehead atoms. The monoisotopic (exact) mass is 370 g/mol. The van der Waals surface area contributed by atoms with Crippen LogP contribution >= 0.6 is 0 Å². The molecule has 26 heavy (non-hydrogen) atoms. The molecule has 6 heteroatoms. The van der Waals surface area contributed by atoms with E-state index in [1.54, 1.807) is 22.1 Å². The topological polar surface area (TPSA) is 57.7 Å². The number of hydrogen-bond acceptors (Lipinski definition) is 3. The first-order valence-electron chi connectivity index (χ1n) is 8.57. The number of hydrogen-bond donors (Lipinski definition) is 0. The van der Waals surface area contributed by atoms with Gasteiger partial charge in [-0.2, -0.15) is 0 Å². The van der Waals surface area contributed by atoms with Gasteiger partial charge in [0.25, 0.3) is 11.8 Å². The number of rotatable bonds is 4. The van der Waals surface area contributed by atoms with E-state index >= 15 is 0 Å². The highest BCUT2D eigenvalue weighted by atomic mass is 32.2. The quantitative estimate of drug-likeness (QED) is 0.829. The highest BCUT2D eigenvalue weighted by Crippen LogP contribution is 2.14. The molecule has 0 aliphatic carbocycles. The predicted octanol–water partition coefficient (Wildman–Crippen LogP) is 2.16. The molecule has 1 saturated heterocycles. The lowest BCUT2D eigenvalue weighted by Gasteiger charge is -2.35. The summed E-state index contributed by atoms with van der Waals surface area (Å²) in [7, 11) is -0.940. The van der Waals surface area contributed by atoms with Crippen molar-refractivity contribution in [2.24, 2.45) is 0 Å². The molecule has 2 aromatic carbocycles. The van der Waals surface area contributed by atoms with Gasteiger partial charge in [0.2, 0.25) is 0 Å². The standard InChI is InChI=1S/C20H22N2O3S/c1-26(25)15-16-6-5-9-18(14-16)20(24)22-12-10-21(11-13-22)19(23)17-7-3-2-4-8-17/h2-9,14H,10-13,15H2,1H3. The van der Waals surface area contributed by atoms with E-state index in [1.165, 1.54) is 0 Å². The van der Waals surface area contributed by atoms with Crippen molar-refractivity contribution < 1.29 is 13.8 Å². The Morgan fingerprint density at radius 2 is 1.38 bits per heavy atom. The Morgan fingerprint density at radius 1 is 0.846 bits per heavy atom. The fourth-order valence-electron chi connectivity index (χ4n) is 3.09. The molecule has 0 radical (unpaired) electrons. The molecule has 3 rings (SSSR count). The Hall–Kier alpha value is -2.47. The van der Waals surface area contributed by atoms with Crippen LogP contribution in [0.15, 0.2) is 54.6 Å². The zero-order valence-corrected chi connectivity index (χ0v) is 15.6. The molecular weight excluding hydrogens is 348 g/mol. The van der Waals surface area contributed by atoms with Gasteiger partial charge >= 0.3 is 0 Å². The van der Waals surface area contributed by atoms with Crippen molar-refractivity contribution in [3.63, 3.8) is 0 Å². The molecule has 1 atom stereocenters. The van der Waals surface area contributed by atoms with Gasteiger partial charge in [0.15, 0.2) is 0 Å². The van der Waals surface area contributed by atoms with Gasteiger partial charge in [0, 0.05) is 60.1 Å². The van der Waals surface area contributed by atoms with Crippen molar-refractivity contribution in [1.29, 1.82) is 0 Å². The highest BCUT2D eigenvalue weighted by Gasteiger charge is 2.25. The van der Waals surface area contributed by atoms with Crippen molar-refractivity contribution in [3.05, 3.63) is 71.3 Å². The van der Waals surface area contributed by atoms with Crippen molar-refractivity contribution >= 4 is 22.6 Å². The fourth-order valence-corrected chi connectivity index (χ4v) is 3.74. The molecule has 1 aliphatic rings. The molecule has 1 aliphatic heterocycles. The zero-order chi connectivity index (χ0) is 18.5. The molecule has 0 aromatic heterocycles. The first-order valence-corrected chi connectivity index (χ1v) is 10.3. The van der Waals surface area contributed by atoms with Crippen LogP contribution in [0.25, 0.3) is 0 Å². The Labute approximate surface area is 156 Å². The van der Waals surface area contributed by atoms with Crippen LogP contribution < -0.4 is 0 Å². The Morgan fingerprint density at radius 3 is 1.96 bits per heavy atom. The van der Waals surface area contributed by atoms with Crippen molar-refractivity contribution in [3.8, 4) is 0 Å². The van der Waals surface area contributed by atoms with Crippen LogP contribution in [0, 0.1) is 0 Å². The predicted molar refractivity (Wildman–Crippen MR) is 102 cm³/mol. The smallest absolute Gasteiger partial charge is 0.253 e. The maximum atomic E-state index is 12.7. The second kappa shape index (κ2) is 8.27. The van der Waals surface area contributed by atoms with E-state index in [4.69, 9.17) is 0 Å². The van der Waals surface area contributed by atoms with Gasteiger partial charge < -0.3 is 9.80 Å². The number of benzene rings is 2. The third-order valence-corrected chi connectivity index (χ3v) is 5.16. The minimum Gasteiger partial charge on any atom is -0.335 e. The fraction of sp³-hybridized carbons (Fsp3) is 0.300. The van der Waals surface area contributed by atoms with E-state index in [-0.39, 0.29) is 11.8 Å². The lowest BCUT2D eigenvalue weighted by atomic mass is 10.1. The van der Waals surface area contributed by atoms with Crippen molar-refractivity contribution in [1.82, 2.24) is 9.80 Å². The molecule has 5 nitrogen and oxygen atoms in total. The number of amides is 2. The average molecular weight is 370 g/mol. The largest absolute Gasteiger partial charge is 0.335 e. The SMILES string of the molecule is CS(=O)Cc1cccc(C(=O)N2CCN(C(=O)c3ccccc3)CC2)c1. The van der Waals surface area contributed by atoms with Crippen LogP contribution in [-0.2, 0) is 16.6 Å². The molecular formula is C20H22N2O3S. The second-order valence-corrected chi connectivity index (χ2v) is 7.80. The summed E-state index contributed by atoms with van der Waals surface area (Å²) in [5.41, 5.74) is 2.18. The molecule has 0 N–H and O–H groups in total. The van der Waals surface area contributed by atoms with E-state index in [0.717, 1.165) is 5.56 Å². The van der Waals surface area contributed by atoms with E-state index in [2.05, 4.69) is 0 Å². The normalized spacial score (nSPS) is 15.6. The summed E-state index contributed by atoms with van der Waals surface area (Å²) in [6, 6.07) is 16.5. The number of carbonyl (C=O) groups excluding carboxylic acids is 2. The number of piperazine rings is 1. The van der Waals surface area contributed by atoms with Gasteiger partial charge in [-0.05, 0) is 29.8 Å². The highest BCUT2D eigenvalue weighted by molar-refractivity contribution is 7.83. The average Bonchev–Trinajstić information content (AvgIpc) is 2.67. The third kappa shape index (κ3) is 4.38. The summed E-state index contributed by atoms with van der Waals surface area (Å²) in [4.78, 5) is 28.8. The van der Waals surface area contributed by atoms with Crippen molar-refractivity contribution in [2.75, 3.05) is 32.4 Å². The van der Waals surface area contributed by atoms with Gasteiger partial charge in [0.05, 0.1) is 0 Å². The summed E-state index contributed by atoms with van der Waals surface area (Å²) in [5, 5.41) is 0. The molecule has 0 spiro atoms. The van der Waals surface area contributed by atoms with Gasteiger partial charge in [-0.1, -0.05) is 30.3 Å². The van der Waals surface area contributed by atoms with E-state index in [1.807, 2.05) is 48.5 Å². The summed E-state index contributed by atoms with van der Waals surface area (Å²) in [5.74, 6) is 0.408. The molecule has 1 fully saturated rings. The van der Waals surface area contributed by atoms with Crippen LogP contribution in [0.5, 0.6) is 0 Å². The molecule has 1 unspecified atom stereocenters. The van der Waals surface area contributed by atoms with Crippen LogP contribution in [0.3, 0.4) is 0 Å². The van der Waals surface area contributed by atoms with Crippen LogP contribution in [-0.4, -0.2) is 58.3 Å². The van der Waals surface area contributed by atoms with Gasteiger partial charge in [-0.25, -0.2) is 0 Å². The van der Waals surface area contributed by atoms with Crippen LogP contribution in [0.2, 0.25) is 0 Å². The lowest BCUT2D eigenvalue weighted by molar-refractivity contribution is 0.0535. The van der Waals surface area contributed by atoms with Crippen molar-refractivity contribution in [2.45, 2.75) is 5.75 Å². The maximum Gasteiger partial charge on any atom is 0.253 e. The molecule has 2 aromatic rings. The first-order chi connectivity index (χ1) is 12.5. The summed E-state index contributed by atoms with van der Waals surface area (Å²) >= 11 is 0. The lowest BCUT2D eigenvalue weighted by Crippen LogP contribution is -2.50. The van der Waals surface area contributed by atoms with Crippen LogP contribution in [0.4, 0.5) is 0 Å². The molecule has 1 heterocycles. The summed E-state index contributed by atoms with van der Waals surface area (Å²) < 4.78 is 11.4. The third-order valence-electron chi connectivity index (χ3n) is 4.42. The summed E-state index contributed by atoms with van der Waals surface area (Å²) in [6.45, 7) is 2.08. The van der Waals surface area contributed by atoms with Crippen LogP contribution in [0.1, 0.15) is 26.3 Å². The Kier molecular flexibility index (Phi) is 5.83. The van der Waals surface area contributed by atoms with E-state index < -0.39 is 10.8 Å². The maximum absolute atomic E-state index is 12.7. The van der Waals surface area contributed by atoms with E-state index in [9.17, 15) is 13.8 Å². The van der Waals surface area contributed by atoms with Gasteiger partial charge in [0.1, 0.15) is 0 Å². The minimum absolute atomic E-state index is 0.00474. The molecule has 2 amide bonds. The second-order valence-electron chi connectivity index (χ2n) is 6.37. The Balaban J connectivity index is 1.62. The molecule has 136 valence electrons. The van der Waals surface area contributed by atoms with Gasteiger partial charge in [-0.15, -0.1) is 0 Å². The Bertz CT molecular complexity index is 815. The number of carbonyl (C=O) groups is 2. The summed E-state index contributed by atoms with van der Waals surface area (Å²) in [6.07, 6.45) is 1.65. The van der Waals surface area contributed by atoms with Gasteiger partial charge in [-0.3, -0.25) is 13.8 Å².